The molecule has 1 saturated heterocycles. The van der Waals surface area contributed by atoms with Crippen LogP contribution in [-0.2, 0) is 9.53 Å². The van der Waals surface area contributed by atoms with E-state index in [1.807, 2.05) is 0 Å². The van der Waals surface area contributed by atoms with Crippen molar-refractivity contribution >= 4 is 17.5 Å². The quantitative estimate of drug-likeness (QED) is 0.888. The highest BCUT2D eigenvalue weighted by molar-refractivity contribution is 5.95. The van der Waals surface area contributed by atoms with Crippen molar-refractivity contribution in [3.8, 4) is 5.75 Å². The summed E-state index contributed by atoms with van der Waals surface area (Å²) < 4.78 is 23.8. The van der Waals surface area contributed by atoms with Crippen LogP contribution in [0.15, 0.2) is 48.5 Å². The molecule has 1 aliphatic heterocycles. The average Bonchev–Trinajstić information content (AvgIpc) is 2.67. The smallest absolute Gasteiger partial charge is 0.253 e. The van der Waals surface area contributed by atoms with Crippen molar-refractivity contribution in [1.82, 2.24) is 5.32 Å². The van der Waals surface area contributed by atoms with E-state index in [2.05, 4.69) is 5.32 Å². The first kappa shape index (κ1) is 17.9. The van der Waals surface area contributed by atoms with Gasteiger partial charge in [-0.15, -0.1) is 0 Å². The predicted molar refractivity (Wildman–Crippen MR) is 93.8 cm³/mol. The zero-order chi connectivity index (χ0) is 18.5. The Morgan fingerprint density at radius 1 is 1.31 bits per heavy atom. The van der Waals surface area contributed by atoms with Crippen molar-refractivity contribution in [3.63, 3.8) is 0 Å². The molecule has 1 unspecified atom stereocenters. The van der Waals surface area contributed by atoms with E-state index in [0.29, 0.717) is 12.3 Å². The number of anilines is 1. The Morgan fingerprint density at radius 2 is 2.08 bits per heavy atom. The first-order valence-electron chi connectivity index (χ1n) is 8.16. The highest BCUT2D eigenvalue weighted by Crippen LogP contribution is 2.22. The van der Waals surface area contributed by atoms with Crippen molar-refractivity contribution in [2.24, 2.45) is 0 Å². The first-order valence-corrected chi connectivity index (χ1v) is 8.16. The van der Waals surface area contributed by atoms with E-state index in [1.54, 1.807) is 36.3 Å². The summed E-state index contributed by atoms with van der Waals surface area (Å²) >= 11 is 0. The van der Waals surface area contributed by atoms with Crippen molar-refractivity contribution in [2.75, 3.05) is 31.7 Å². The second kappa shape index (κ2) is 7.97. The van der Waals surface area contributed by atoms with Gasteiger partial charge in [0.25, 0.3) is 11.8 Å². The lowest BCUT2D eigenvalue weighted by atomic mass is 10.2. The molecule has 0 aromatic heterocycles. The Kier molecular flexibility index (Phi) is 5.48. The molecular formula is C19H19FN2O4. The number of nitrogens with zero attached hydrogens (tertiary/aromatic N) is 1. The topological polar surface area (TPSA) is 67.9 Å². The number of halogens is 1. The Bertz CT molecular complexity index is 794. The van der Waals surface area contributed by atoms with Crippen molar-refractivity contribution in [3.05, 3.63) is 59.9 Å². The second-order valence-electron chi connectivity index (χ2n) is 5.86. The summed E-state index contributed by atoms with van der Waals surface area (Å²) in [6, 6.07) is 12.6. The number of carbonyl (C=O) groups excluding carboxylic acids is 2. The molecule has 0 aliphatic carbocycles. The fourth-order valence-corrected chi connectivity index (χ4v) is 2.70. The van der Waals surface area contributed by atoms with Crippen LogP contribution < -0.4 is 15.0 Å². The monoisotopic (exact) mass is 358 g/mol. The minimum absolute atomic E-state index is 0.0630. The number of benzene rings is 2. The van der Waals surface area contributed by atoms with E-state index in [9.17, 15) is 14.0 Å². The van der Waals surface area contributed by atoms with E-state index in [-0.39, 0.29) is 36.6 Å². The highest BCUT2D eigenvalue weighted by atomic mass is 19.1. The van der Waals surface area contributed by atoms with Gasteiger partial charge in [0.2, 0.25) is 0 Å². The lowest BCUT2D eigenvalue weighted by Crippen LogP contribution is -2.50. The maximum atomic E-state index is 13.2. The number of rotatable bonds is 5. The molecular weight excluding hydrogens is 339 g/mol. The number of morpholine rings is 1. The van der Waals surface area contributed by atoms with Crippen LogP contribution in [0.5, 0.6) is 5.75 Å². The SMILES string of the molecule is COc1ccc(N2CC(CNC(=O)c3cccc(F)c3)OCC2=O)cc1. The van der Waals surface area contributed by atoms with Crippen LogP contribution in [0.3, 0.4) is 0 Å². The van der Waals surface area contributed by atoms with Crippen molar-refractivity contribution in [2.45, 2.75) is 6.10 Å². The lowest BCUT2D eigenvalue weighted by molar-refractivity contribution is -0.129. The molecule has 2 aromatic carbocycles. The first-order chi connectivity index (χ1) is 12.6. The van der Waals surface area contributed by atoms with E-state index in [1.165, 1.54) is 24.3 Å². The molecule has 3 rings (SSSR count). The largest absolute Gasteiger partial charge is 0.497 e. The molecule has 7 heteroatoms. The molecule has 136 valence electrons. The molecule has 1 N–H and O–H groups in total. The summed E-state index contributed by atoms with van der Waals surface area (Å²) in [5, 5.41) is 2.71. The van der Waals surface area contributed by atoms with Crippen LogP contribution in [0.4, 0.5) is 10.1 Å². The van der Waals surface area contributed by atoms with E-state index in [4.69, 9.17) is 9.47 Å². The normalized spacial score (nSPS) is 17.1. The molecule has 0 spiro atoms. The number of hydrogen-bond donors (Lipinski definition) is 1. The molecule has 6 nitrogen and oxygen atoms in total. The van der Waals surface area contributed by atoms with Crippen LogP contribution in [0.2, 0.25) is 0 Å². The van der Waals surface area contributed by atoms with Gasteiger partial charge in [-0.25, -0.2) is 4.39 Å². The predicted octanol–water partition coefficient (Wildman–Crippen LogP) is 2.00. The maximum Gasteiger partial charge on any atom is 0.253 e. The summed E-state index contributed by atoms with van der Waals surface area (Å²) in [5.41, 5.74) is 0.976. The zero-order valence-electron chi connectivity index (χ0n) is 14.3. The summed E-state index contributed by atoms with van der Waals surface area (Å²) in [4.78, 5) is 25.8. The van der Waals surface area contributed by atoms with E-state index >= 15 is 0 Å². The number of methoxy groups -OCH3 is 1. The number of nitrogens with one attached hydrogen (secondary N) is 1. The number of carbonyl (C=O) groups is 2. The van der Waals surface area contributed by atoms with Crippen molar-refractivity contribution in [1.29, 1.82) is 0 Å². The fourth-order valence-electron chi connectivity index (χ4n) is 2.70. The highest BCUT2D eigenvalue weighted by Gasteiger charge is 2.27. The lowest BCUT2D eigenvalue weighted by Gasteiger charge is -2.33. The van der Waals surface area contributed by atoms with Gasteiger partial charge in [-0.2, -0.15) is 0 Å². The molecule has 2 amide bonds. The van der Waals surface area contributed by atoms with Crippen molar-refractivity contribution < 1.29 is 23.5 Å². The van der Waals surface area contributed by atoms with Gasteiger partial charge in [0.15, 0.2) is 0 Å². The van der Waals surface area contributed by atoms with Gasteiger partial charge in [-0.3, -0.25) is 9.59 Å². The number of amides is 2. The van der Waals surface area contributed by atoms with Gasteiger partial charge in [0.05, 0.1) is 19.8 Å². The summed E-state index contributed by atoms with van der Waals surface area (Å²) in [5.74, 6) is -0.305. The van der Waals surface area contributed by atoms with Gasteiger partial charge in [-0.05, 0) is 42.5 Å². The molecule has 0 radical (unpaired) electrons. The van der Waals surface area contributed by atoms with Crippen LogP contribution in [0.1, 0.15) is 10.4 Å². The summed E-state index contributed by atoms with van der Waals surface area (Å²) in [6.07, 6.45) is -0.354. The minimum Gasteiger partial charge on any atom is -0.497 e. The van der Waals surface area contributed by atoms with Gasteiger partial charge in [0.1, 0.15) is 18.2 Å². The third-order valence-electron chi connectivity index (χ3n) is 4.09. The van der Waals surface area contributed by atoms with Gasteiger partial charge < -0.3 is 19.7 Å². The second-order valence-corrected chi connectivity index (χ2v) is 5.86. The average molecular weight is 358 g/mol. The molecule has 2 aromatic rings. The Hall–Kier alpha value is -2.93. The Labute approximate surface area is 150 Å². The van der Waals surface area contributed by atoms with Crippen LogP contribution in [0.25, 0.3) is 0 Å². The third kappa shape index (κ3) is 4.18. The molecule has 26 heavy (non-hydrogen) atoms. The summed E-state index contributed by atoms with van der Waals surface area (Å²) in [6.45, 7) is 0.469. The Morgan fingerprint density at radius 3 is 2.77 bits per heavy atom. The number of ether oxygens (including phenoxy) is 2. The molecule has 0 bridgehead atoms. The van der Waals surface area contributed by atoms with Crippen LogP contribution in [-0.4, -0.2) is 44.7 Å². The fraction of sp³-hybridized carbons (Fsp3) is 0.263. The number of hydrogen-bond acceptors (Lipinski definition) is 4. The Balaban J connectivity index is 1.60. The van der Waals surface area contributed by atoms with Gasteiger partial charge in [-0.1, -0.05) is 6.07 Å². The van der Waals surface area contributed by atoms with E-state index < -0.39 is 5.82 Å². The summed E-state index contributed by atoms with van der Waals surface area (Å²) in [7, 11) is 1.58. The molecule has 1 aliphatic rings. The molecule has 1 heterocycles. The minimum atomic E-state index is -0.470. The zero-order valence-corrected chi connectivity index (χ0v) is 14.3. The standard InChI is InChI=1S/C19H19FN2O4/c1-25-16-7-5-15(6-8-16)22-11-17(26-12-18(22)23)10-21-19(24)13-3-2-4-14(20)9-13/h2-9,17H,10-12H2,1H3,(H,21,24). The van der Waals surface area contributed by atoms with Gasteiger partial charge >= 0.3 is 0 Å². The van der Waals surface area contributed by atoms with Crippen LogP contribution in [0, 0.1) is 5.82 Å². The van der Waals surface area contributed by atoms with Crippen LogP contribution >= 0.6 is 0 Å². The van der Waals surface area contributed by atoms with E-state index in [0.717, 1.165) is 5.69 Å². The molecule has 1 fully saturated rings. The molecule has 0 saturated carbocycles. The third-order valence-corrected chi connectivity index (χ3v) is 4.09. The molecule has 1 atom stereocenters. The van der Waals surface area contributed by atoms with Gasteiger partial charge in [0, 0.05) is 17.8 Å². The maximum absolute atomic E-state index is 13.2.